The third kappa shape index (κ3) is 4.63. The Hall–Kier alpha value is -2.82. The average Bonchev–Trinajstić information content (AvgIpc) is 2.65. The Morgan fingerprint density at radius 3 is 2.54 bits per heavy atom. The number of nitrogens with one attached hydrogen (secondary N) is 2. The number of hydrogen-bond donors (Lipinski definition) is 2. The summed E-state index contributed by atoms with van der Waals surface area (Å²) in [5.41, 5.74) is 7.73. The molecule has 0 saturated carbocycles. The molecule has 0 aromatic heterocycles. The van der Waals surface area contributed by atoms with Crippen molar-refractivity contribution in [2.75, 3.05) is 23.3 Å². The highest BCUT2D eigenvalue weighted by Crippen LogP contribution is 2.22. The SMILES string of the molecule is Cc1cc(N2CCCCC2)ccc1C=NNC(=O)Nc1ccccc1C. The molecule has 0 aliphatic carbocycles. The van der Waals surface area contributed by atoms with Gasteiger partial charge in [0.15, 0.2) is 0 Å². The molecular formula is C21H26N4O. The molecule has 1 fully saturated rings. The minimum atomic E-state index is -0.349. The van der Waals surface area contributed by atoms with E-state index in [4.69, 9.17) is 0 Å². The first-order chi connectivity index (χ1) is 12.6. The van der Waals surface area contributed by atoms with Crippen LogP contribution in [0.15, 0.2) is 47.6 Å². The number of carbonyl (C=O) groups is 1. The summed E-state index contributed by atoms with van der Waals surface area (Å²) in [6.07, 6.45) is 5.55. The predicted molar refractivity (Wildman–Crippen MR) is 108 cm³/mol. The Morgan fingerprint density at radius 1 is 1.04 bits per heavy atom. The van der Waals surface area contributed by atoms with Gasteiger partial charge in [-0.2, -0.15) is 5.10 Å². The van der Waals surface area contributed by atoms with E-state index in [9.17, 15) is 4.79 Å². The van der Waals surface area contributed by atoms with Gasteiger partial charge in [-0.3, -0.25) is 0 Å². The highest BCUT2D eigenvalue weighted by molar-refractivity contribution is 5.91. The van der Waals surface area contributed by atoms with E-state index in [0.29, 0.717) is 0 Å². The van der Waals surface area contributed by atoms with Gasteiger partial charge in [0.05, 0.1) is 6.21 Å². The third-order valence-electron chi connectivity index (χ3n) is 4.74. The molecule has 5 heteroatoms. The molecule has 0 unspecified atom stereocenters. The number of para-hydroxylation sites is 1. The summed E-state index contributed by atoms with van der Waals surface area (Å²) >= 11 is 0. The van der Waals surface area contributed by atoms with Gasteiger partial charge in [-0.25, -0.2) is 10.2 Å². The van der Waals surface area contributed by atoms with Crippen molar-refractivity contribution in [1.82, 2.24) is 5.43 Å². The van der Waals surface area contributed by atoms with Crippen LogP contribution in [-0.4, -0.2) is 25.3 Å². The van der Waals surface area contributed by atoms with Gasteiger partial charge in [0.1, 0.15) is 0 Å². The van der Waals surface area contributed by atoms with Gasteiger partial charge in [-0.15, -0.1) is 0 Å². The van der Waals surface area contributed by atoms with Crippen LogP contribution in [0.3, 0.4) is 0 Å². The van der Waals surface area contributed by atoms with Crippen molar-refractivity contribution >= 4 is 23.6 Å². The number of rotatable bonds is 4. The predicted octanol–water partition coefficient (Wildman–Crippen LogP) is 4.45. The molecule has 0 bridgehead atoms. The van der Waals surface area contributed by atoms with E-state index >= 15 is 0 Å². The van der Waals surface area contributed by atoms with Crippen LogP contribution < -0.4 is 15.6 Å². The van der Waals surface area contributed by atoms with Crippen LogP contribution in [0.2, 0.25) is 0 Å². The molecule has 2 N–H and O–H groups in total. The Kier molecular flexibility index (Phi) is 5.89. The van der Waals surface area contributed by atoms with Crippen LogP contribution in [0.25, 0.3) is 0 Å². The minimum Gasteiger partial charge on any atom is -0.372 e. The number of amides is 2. The second-order valence-electron chi connectivity index (χ2n) is 6.73. The first kappa shape index (κ1) is 18.0. The maximum Gasteiger partial charge on any atom is 0.339 e. The number of carbonyl (C=O) groups excluding carboxylic acids is 1. The number of hydrogen-bond acceptors (Lipinski definition) is 3. The summed E-state index contributed by atoms with van der Waals surface area (Å²) < 4.78 is 0. The molecule has 136 valence electrons. The number of piperidine rings is 1. The maximum atomic E-state index is 12.0. The largest absolute Gasteiger partial charge is 0.372 e. The molecule has 0 spiro atoms. The van der Waals surface area contributed by atoms with Gasteiger partial charge < -0.3 is 10.2 Å². The molecule has 0 atom stereocenters. The van der Waals surface area contributed by atoms with Crippen LogP contribution in [0.4, 0.5) is 16.2 Å². The van der Waals surface area contributed by atoms with Gasteiger partial charge in [-0.1, -0.05) is 24.3 Å². The van der Waals surface area contributed by atoms with E-state index in [0.717, 1.165) is 35.5 Å². The number of aryl methyl sites for hydroxylation is 2. The second-order valence-corrected chi connectivity index (χ2v) is 6.73. The average molecular weight is 350 g/mol. The third-order valence-corrected chi connectivity index (χ3v) is 4.74. The first-order valence-corrected chi connectivity index (χ1v) is 9.15. The Labute approximate surface area is 155 Å². The fourth-order valence-corrected chi connectivity index (χ4v) is 3.18. The van der Waals surface area contributed by atoms with E-state index < -0.39 is 0 Å². The normalized spacial score (nSPS) is 14.5. The summed E-state index contributed by atoms with van der Waals surface area (Å²) in [5.74, 6) is 0. The Bertz CT molecular complexity index is 794. The van der Waals surface area contributed by atoms with Gasteiger partial charge in [0.2, 0.25) is 0 Å². The Morgan fingerprint density at radius 2 is 1.81 bits per heavy atom. The fourth-order valence-electron chi connectivity index (χ4n) is 3.18. The lowest BCUT2D eigenvalue weighted by atomic mass is 10.1. The quantitative estimate of drug-likeness (QED) is 0.632. The Balaban J connectivity index is 1.58. The van der Waals surface area contributed by atoms with Crippen molar-refractivity contribution in [2.24, 2.45) is 5.10 Å². The van der Waals surface area contributed by atoms with Crippen LogP contribution >= 0.6 is 0 Å². The molecular weight excluding hydrogens is 324 g/mol. The molecule has 1 heterocycles. The van der Waals surface area contributed by atoms with Gasteiger partial charge in [0.25, 0.3) is 0 Å². The summed E-state index contributed by atoms with van der Waals surface area (Å²) in [6.45, 7) is 6.29. The van der Waals surface area contributed by atoms with Crippen molar-refractivity contribution in [2.45, 2.75) is 33.1 Å². The van der Waals surface area contributed by atoms with Crippen molar-refractivity contribution in [3.8, 4) is 0 Å². The van der Waals surface area contributed by atoms with E-state index in [1.54, 1.807) is 6.21 Å². The van der Waals surface area contributed by atoms with Gasteiger partial charge in [-0.05, 0) is 68.0 Å². The molecule has 3 rings (SSSR count). The highest BCUT2D eigenvalue weighted by atomic mass is 16.2. The molecule has 5 nitrogen and oxygen atoms in total. The molecule has 2 amide bonds. The number of nitrogens with zero attached hydrogens (tertiary/aromatic N) is 2. The van der Waals surface area contributed by atoms with E-state index in [1.807, 2.05) is 31.2 Å². The lowest BCUT2D eigenvalue weighted by molar-refractivity contribution is 0.252. The van der Waals surface area contributed by atoms with Gasteiger partial charge >= 0.3 is 6.03 Å². The van der Waals surface area contributed by atoms with Crippen molar-refractivity contribution in [3.05, 3.63) is 59.2 Å². The number of hydrazone groups is 1. The van der Waals surface area contributed by atoms with E-state index in [1.165, 1.54) is 24.9 Å². The van der Waals surface area contributed by atoms with Crippen LogP contribution in [0, 0.1) is 13.8 Å². The fraction of sp³-hybridized carbons (Fsp3) is 0.333. The molecule has 2 aromatic carbocycles. The lowest BCUT2D eigenvalue weighted by Crippen LogP contribution is -2.29. The van der Waals surface area contributed by atoms with Gasteiger partial charge in [0, 0.05) is 24.5 Å². The molecule has 2 aromatic rings. The molecule has 26 heavy (non-hydrogen) atoms. The standard InChI is InChI=1S/C21H26N4O/c1-16-8-4-5-9-20(16)23-21(26)24-22-15-18-10-11-19(14-17(18)2)25-12-6-3-7-13-25/h4-5,8-11,14-15H,3,6-7,12-13H2,1-2H3,(H2,23,24,26). The molecule has 1 saturated heterocycles. The lowest BCUT2D eigenvalue weighted by Gasteiger charge is -2.29. The smallest absolute Gasteiger partial charge is 0.339 e. The van der Waals surface area contributed by atoms with Crippen LogP contribution in [0.1, 0.15) is 36.0 Å². The van der Waals surface area contributed by atoms with Crippen molar-refractivity contribution in [1.29, 1.82) is 0 Å². The second kappa shape index (κ2) is 8.52. The van der Waals surface area contributed by atoms with Crippen LogP contribution in [-0.2, 0) is 0 Å². The summed E-state index contributed by atoms with van der Waals surface area (Å²) in [5, 5.41) is 6.86. The van der Waals surface area contributed by atoms with E-state index in [2.05, 4.69) is 45.9 Å². The zero-order valence-electron chi connectivity index (χ0n) is 15.5. The zero-order chi connectivity index (χ0) is 18.4. The van der Waals surface area contributed by atoms with Crippen LogP contribution in [0.5, 0.6) is 0 Å². The summed E-state index contributed by atoms with van der Waals surface area (Å²) in [4.78, 5) is 14.4. The van der Waals surface area contributed by atoms with E-state index in [-0.39, 0.29) is 6.03 Å². The minimum absolute atomic E-state index is 0.349. The zero-order valence-corrected chi connectivity index (χ0v) is 15.5. The monoisotopic (exact) mass is 350 g/mol. The topological polar surface area (TPSA) is 56.7 Å². The highest BCUT2D eigenvalue weighted by Gasteiger charge is 2.11. The van der Waals surface area contributed by atoms with Crippen molar-refractivity contribution < 1.29 is 4.79 Å². The number of benzene rings is 2. The van der Waals surface area contributed by atoms with Crippen molar-refractivity contribution in [3.63, 3.8) is 0 Å². The molecule has 1 aliphatic rings. The maximum absolute atomic E-state index is 12.0. The molecule has 0 radical (unpaired) electrons. The molecule has 1 aliphatic heterocycles. The number of anilines is 2. The number of urea groups is 1. The summed E-state index contributed by atoms with van der Waals surface area (Å²) in [7, 11) is 0. The summed E-state index contributed by atoms with van der Waals surface area (Å²) in [6, 6.07) is 13.7. The first-order valence-electron chi connectivity index (χ1n) is 9.15.